The summed E-state index contributed by atoms with van der Waals surface area (Å²) in [5, 5.41) is 2.17. The second-order valence-electron chi connectivity index (χ2n) is 7.35. The maximum Gasteiger partial charge on any atom is 0.573 e. The Morgan fingerprint density at radius 1 is 0.923 bits per heavy atom. The number of nitrogens with two attached hydrogens (primary N) is 1. The number of methoxy groups -OCH3 is 2. The number of pyridine rings is 1. The van der Waals surface area contributed by atoms with Crippen molar-refractivity contribution in [2.24, 2.45) is 5.73 Å². The number of hydrogen-bond donors (Lipinski definition) is 2. The molecule has 0 fully saturated rings. The van der Waals surface area contributed by atoms with Crippen LogP contribution in [0.25, 0.3) is 0 Å². The summed E-state index contributed by atoms with van der Waals surface area (Å²) in [7, 11) is 1.74. The van der Waals surface area contributed by atoms with E-state index in [1.54, 1.807) is 0 Å². The van der Waals surface area contributed by atoms with E-state index >= 15 is 4.39 Å². The van der Waals surface area contributed by atoms with Gasteiger partial charge in [-0.05, 0) is 30.3 Å². The third-order valence-electron chi connectivity index (χ3n) is 4.78. The van der Waals surface area contributed by atoms with E-state index in [0.29, 0.717) is 6.07 Å². The topological polar surface area (TPSA) is 122 Å². The lowest BCUT2D eigenvalue weighted by Gasteiger charge is -2.20. The van der Waals surface area contributed by atoms with Gasteiger partial charge in [0, 0.05) is 18.0 Å². The molecule has 0 spiro atoms. The third-order valence-corrected chi connectivity index (χ3v) is 4.78. The van der Waals surface area contributed by atoms with Crippen LogP contribution in [-0.4, -0.2) is 37.4 Å². The van der Waals surface area contributed by atoms with Gasteiger partial charge in [0.1, 0.15) is 28.3 Å². The molecular weight excluding hydrogens is 547 g/mol. The van der Waals surface area contributed by atoms with Gasteiger partial charge >= 0.3 is 12.5 Å². The van der Waals surface area contributed by atoms with Crippen molar-refractivity contribution < 1.29 is 59.3 Å². The summed E-state index contributed by atoms with van der Waals surface area (Å²) in [6.07, 6.45) is -9.18. The van der Waals surface area contributed by atoms with Gasteiger partial charge in [-0.3, -0.25) is 14.6 Å². The molecule has 0 saturated heterocycles. The largest absolute Gasteiger partial charge is 0.573 e. The SMILES string of the molecule is COc1cc(OC(F)(F)F)ccc1Oc1cc(C(F)(F)F)c(OC)c(F)c1C(=O)Nc1ccnc(C(N)=O)c1. The van der Waals surface area contributed by atoms with Crippen molar-refractivity contribution in [1.82, 2.24) is 4.98 Å². The van der Waals surface area contributed by atoms with E-state index < -0.39 is 70.0 Å². The summed E-state index contributed by atoms with van der Waals surface area (Å²) in [6.45, 7) is 0. The molecule has 0 aliphatic carbocycles. The van der Waals surface area contributed by atoms with Crippen LogP contribution < -0.4 is 30.0 Å². The lowest BCUT2D eigenvalue weighted by molar-refractivity contribution is -0.274. The average molecular weight is 563 g/mol. The Bertz CT molecular complexity index is 1410. The van der Waals surface area contributed by atoms with E-state index in [4.69, 9.17) is 15.2 Å². The molecule has 2 amide bonds. The molecule has 16 heteroatoms. The number of carbonyl (C=O) groups excluding carboxylic acids is 2. The summed E-state index contributed by atoms with van der Waals surface area (Å²) < 4.78 is 113. The molecule has 0 aliphatic heterocycles. The van der Waals surface area contributed by atoms with Crippen LogP contribution in [0.1, 0.15) is 26.4 Å². The molecular formula is C23H16F7N3O6. The number of primary amides is 1. The molecule has 0 atom stereocenters. The molecule has 0 aliphatic rings. The highest BCUT2D eigenvalue weighted by Gasteiger charge is 2.39. The van der Waals surface area contributed by atoms with Gasteiger partial charge in [0.2, 0.25) is 0 Å². The molecule has 0 bridgehead atoms. The van der Waals surface area contributed by atoms with Crippen LogP contribution in [-0.2, 0) is 6.18 Å². The van der Waals surface area contributed by atoms with Gasteiger partial charge in [0.25, 0.3) is 11.8 Å². The number of nitrogens with zero attached hydrogens (tertiary/aromatic N) is 1. The van der Waals surface area contributed by atoms with Crippen molar-refractivity contribution >= 4 is 17.5 Å². The highest BCUT2D eigenvalue weighted by atomic mass is 19.4. The van der Waals surface area contributed by atoms with E-state index in [1.807, 2.05) is 0 Å². The first-order chi connectivity index (χ1) is 18.1. The minimum absolute atomic E-state index is 0.140. The van der Waals surface area contributed by atoms with E-state index in [1.165, 1.54) is 6.07 Å². The Labute approximate surface area is 214 Å². The van der Waals surface area contributed by atoms with Crippen molar-refractivity contribution in [3.8, 4) is 28.7 Å². The van der Waals surface area contributed by atoms with Crippen LogP contribution in [0.15, 0.2) is 42.6 Å². The fourth-order valence-corrected chi connectivity index (χ4v) is 3.20. The first kappa shape index (κ1) is 28.8. The second kappa shape index (κ2) is 10.9. The first-order valence-corrected chi connectivity index (χ1v) is 10.3. The molecule has 208 valence electrons. The molecule has 39 heavy (non-hydrogen) atoms. The Hall–Kier alpha value is -4.76. The number of ether oxygens (including phenoxy) is 4. The van der Waals surface area contributed by atoms with Gasteiger partial charge in [-0.25, -0.2) is 4.39 Å². The van der Waals surface area contributed by atoms with Crippen molar-refractivity contribution in [2.75, 3.05) is 19.5 Å². The van der Waals surface area contributed by atoms with Crippen LogP contribution in [0, 0.1) is 5.82 Å². The molecule has 3 rings (SSSR count). The van der Waals surface area contributed by atoms with Crippen LogP contribution in [0.3, 0.4) is 0 Å². The zero-order valence-corrected chi connectivity index (χ0v) is 19.7. The van der Waals surface area contributed by atoms with Gasteiger partial charge in [0.05, 0.1) is 14.2 Å². The summed E-state index contributed by atoms with van der Waals surface area (Å²) in [4.78, 5) is 28.1. The molecule has 0 radical (unpaired) electrons. The quantitative estimate of drug-likeness (QED) is 0.357. The number of nitrogens with one attached hydrogen (secondary N) is 1. The highest BCUT2D eigenvalue weighted by molar-refractivity contribution is 6.07. The number of aromatic nitrogens is 1. The summed E-state index contributed by atoms with van der Waals surface area (Å²) in [5.74, 6) is -8.18. The second-order valence-corrected chi connectivity index (χ2v) is 7.35. The van der Waals surface area contributed by atoms with Gasteiger partial charge < -0.3 is 30.0 Å². The minimum atomic E-state index is -5.19. The first-order valence-electron chi connectivity index (χ1n) is 10.3. The number of carbonyl (C=O) groups is 2. The minimum Gasteiger partial charge on any atom is -0.493 e. The Morgan fingerprint density at radius 3 is 2.18 bits per heavy atom. The number of alkyl halides is 6. The maximum atomic E-state index is 15.4. The maximum absolute atomic E-state index is 15.4. The normalized spacial score (nSPS) is 11.5. The highest BCUT2D eigenvalue weighted by Crippen LogP contribution is 2.45. The number of hydrogen-bond acceptors (Lipinski definition) is 7. The zero-order valence-electron chi connectivity index (χ0n) is 19.7. The fourth-order valence-electron chi connectivity index (χ4n) is 3.20. The molecule has 2 aromatic carbocycles. The van der Waals surface area contributed by atoms with Crippen molar-refractivity contribution in [1.29, 1.82) is 0 Å². The Balaban J connectivity index is 2.15. The van der Waals surface area contributed by atoms with E-state index in [9.17, 15) is 35.9 Å². The summed E-state index contributed by atoms with van der Waals surface area (Å²) in [6, 6.07) is 4.74. The molecule has 1 heterocycles. The number of rotatable bonds is 8. The van der Waals surface area contributed by atoms with Crippen LogP contribution in [0.4, 0.5) is 36.4 Å². The van der Waals surface area contributed by atoms with Crippen LogP contribution in [0.5, 0.6) is 28.7 Å². The van der Waals surface area contributed by atoms with Gasteiger partial charge in [-0.2, -0.15) is 13.2 Å². The Morgan fingerprint density at radius 2 is 1.62 bits per heavy atom. The van der Waals surface area contributed by atoms with E-state index in [0.717, 1.165) is 38.6 Å². The Kier molecular flexibility index (Phi) is 8.07. The van der Waals surface area contributed by atoms with Crippen molar-refractivity contribution in [3.63, 3.8) is 0 Å². The van der Waals surface area contributed by atoms with Crippen molar-refractivity contribution in [2.45, 2.75) is 12.5 Å². The molecule has 3 aromatic rings. The molecule has 0 unspecified atom stereocenters. The molecule has 3 N–H and O–H groups in total. The lowest BCUT2D eigenvalue weighted by atomic mass is 10.1. The van der Waals surface area contributed by atoms with Crippen LogP contribution >= 0.6 is 0 Å². The van der Waals surface area contributed by atoms with Gasteiger partial charge in [-0.15, -0.1) is 13.2 Å². The zero-order chi connectivity index (χ0) is 29.1. The third kappa shape index (κ3) is 6.77. The number of amides is 2. The van der Waals surface area contributed by atoms with E-state index in [-0.39, 0.29) is 17.4 Å². The van der Waals surface area contributed by atoms with Gasteiger partial charge in [-0.1, -0.05) is 0 Å². The lowest BCUT2D eigenvalue weighted by Crippen LogP contribution is -2.19. The smallest absolute Gasteiger partial charge is 0.493 e. The number of halogens is 7. The molecule has 0 saturated carbocycles. The molecule has 9 nitrogen and oxygen atoms in total. The predicted octanol–water partition coefficient (Wildman–Crippen LogP) is 5.30. The van der Waals surface area contributed by atoms with Gasteiger partial charge in [0.15, 0.2) is 23.1 Å². The van der Waals surface area contributed by atoms with Crippen molar-refractivity contribution in [3.05, 3.63) is 65.2 Å². The summed E-state index contributed by atoms with van der Waals surface area (Å²) >= 11 is 0. The molecule has 1 aromatic heterocycles. The standard InChI is InChI=1S/C23H16F7N3O6/c1-36-15-8-11(39-23(28,29)30)3-4-14(15)38-16-9-12(22(25,26)27)19(37-2)18(24)17(16)21(35)33-10-5-6-32-13(7-10)20(31)34/h3-9H,1-2H3,(H2,31,34)(H,32,33,35). The number of benzene rings is 2. The predicted molar refractivity (Wildman–Crippen MR) is 118 cm³/mol. The average Bonchev–Trinajstić information content (AvgIpc) is 2.83. The van der Waals surface area contributed by atoms with E-state index in [2.05, 4.69) is 19.8 Å². The summed E-state index contributed by atoms with van der Waals surface area (Å²) in [5.41, 5.74) is 1.94. The van der Waals surface area contributed by atoms with Crippen LogP contribution in [0.2, 0.25) is 0 Å². The number of anilines is 1. The monoisotopic (exact) mass is 563 g/mol. The fraction of sp³-hybridized carbons (Fsp3) is 0.174.